The maximum absolute atomic E-state index is 12.5. The van der Waals surface area contributed by atoms with Crippen molar-refractivity contribution >= 4 is 45.6 Å². The van der Waals surface area contributed by atoms with Crippen LogP contribution >= 0.6 is 22.9 Å². The fourth-order valence-corrected chi connectivity index (χ4v) is 3.82. The Morgan fingerprint density at radius 3 is 2.79 bits per heavy atom. The van der Waals surface area contributed by atoms with Crippen LogP contribution in [0, 0.1) is 0 Å². The van der Waals surface area contributed by atoms with E-state index in [4.69, 9.17) is 21.1 Å². The Bertz CT molecular complexity index is 1100. The van der Waals surface area contributed by atoms with Gasteiger partial charge in [-0.1, -0.05) is 11.6 Å². The van der Waals surface area contributed by atoms with E-state index in [1.54, 1.807) is 55.9 Å². The van der Waals surface area contributed by atoms with Crippen LogP contribution in [0.4, 0.5) is 10.8 Å². The zero-order valence-electron chi connectivity index (χ0n) is 15.6. The van der Waals surface area contributed by atoms with Gasteiger partial charge in [0.15, 0.2) is 17.5 Å². The summed E-state index contributed by atoms with van der Waals surface area (Å²) in [5.74, 6) is 0.779. The molecule has 29 heavy (non-hydrogen) atoms. The molecule has 1 aliphatic rings. The number of anilines is 2. The summed E-state index contributed by atoms with van der Waals surface area (Å²) in [5.41, 5.74) is 2.33. The second kappa shape index (κ2) is 7.73. The number of halogens is 1. The van der Waals surface area contributed by atoms with Crippen molar-refractivity contribution in [3.05, 3.63) is 52.4 Å². The Balaban J connectivity index is 1.60. The molecule has 0 bridgehead atoms. The number of benzene rings is 2. The van der Waals surface area contributed by atoms with Gasteiger partial charge in [0.1, 0.15) is 5.75 Å². The van der Waals surface area contributed by atoms with Crippen LogP contribution < -0.4 is 19.7 Å². The molecule has 9 heteroatoms. The minimum atomic E-state index is -0.275. The maximum atomic E-state index is 12.5. The van der Waals surface area contributed by atoms with Crippen LogP contribution in [0.3, 0.4) is 0 Å². The van der Waals surface area contributed by atoms with Crippen LogP contribution in [-0.2, 0) is 4.79 Å². The van der Waals surface area contributed by atoms with Crippen molar-refractivity contribution < 1.29 is 19.1 Å². The SMILES string of the molecule is COc1ccc(C(=O)Nc2nc(-c3cc(Cl)cc4c3OCC(=O)N4C)cs2)cc1. The molecule has 2 heterocycles. The summed E-state index contributed by atoms with van der Waals surface area (Å²) in [5, 5.41) is 5.49. The molecule has 1 N–H and O–H groups in total. The van der Waals surface area contributed by atoms with Gasteiger partial charge in [-0.25, -0.2) is 4.98 Å². The lowest BCUT2D eigenvalue weighted by Gasteiger charge is -2.27. The molecule has 0 saturated heterocycles. The number of aromatic nitrogens is 1. The Morgan fingerprint density at radius 1 is 1.31 bits per heavy atom. The van der Waals surface area contributed by atoms with E-state index in [2.05, 4.69) is 10.3 Å². The molecular weight excluding hydrogens is 414 g/mol. The Morgan fingerprint density at radius 2 is 2.07 bits per heavy atom. The quantitative estimate of drug-likeness (QED) is 0.675. The second-order valence-corrected chi connectivity index (χ2v) is 7.56. The topological polar surface area (TPSA) is 80.8 Å². The van der Waals surface area contributed by atoms with Crippen LogP contribution in [0.15, 0.2) is 41.8 Å². The number of hydrogen-bond donors (Lipinski definition) is 1. The van der Waals surface area contributed by atoms with Crippen LogP contribution in [0.1, 0.15) is 10.4 Å². The van der Waals surface area contributed by atoms with E-state index in [-0.39, 0.29) is 18.4 Å². The molecule has 148 valence electrons. The van der Waals surface area contributed by atoms with E-state index in [0.29, 0.717) is 44.2 Å². The number of nitrogens with zero attached hydrogens (tertiary/aromatic N) is 2. The molecule has 0 fully saturated rings. The summed E-state index contributed by atoms with van der Waals surface area (Å²) in [7, 11) is 3.24. The average molecular weight is 430 g/mol. The third-order valence-corrected chi connectivity index (χ3v) is 5.44. The van der Waals surface area contributed by atoms with E-state index in [1.807, 2.05) is 0 Å². The molecule has 0 atom stereocenters. The lowest BCUT2D eigenvalue weighted by atomic mass is 10.1. The summed E-state index contributed by atoms with van der Waals surface area (Å²) in [4.78, 5) is 30.4. The van der Waals surface area contributed by atoms with Gasteiger partial charge in [0.2, 0.25) is 0 Å². The summed E-state index contributed by atoms with van der Waals surface area (Å²) in [6.45, 7) is -0.0522. The highest BCUT2D eigenvalue weighted by molar-refractivity contribution is 7.14. The first-order chi connectivity index (χ1) is 14.0. The van der Waals surface area contributed by atoms with Gasteiger partial charge in [0.05, 0.1) is 18.5 Å². The molecule has 2 amide bonds. The van der Waals surface area contributed by atoms with Crippen LogP contribution in [0.25, 0.3) is 11.3 Å². The zero-order chi connectivity index (χ0) is 20.5. The predicted molar refractivity (Wildman–Crippen MR) is 112 cm³/mol. The molecule has 0 saturated carbocycles. The number of carbonyl (C=O) groups is 2. The lowest BCUT2D eigenvalue weighted by molar-refractivity contribution is -0.120. The van der Waals surface area contributed by atoms with E-state index in [1.165, 1.54) is 16.2 Å². The minimum absolute atomic E-state index is 0.0522. The molecule has 0 aliphatic carbocycles. The molecule has 4 rings (SSSR count). The monoisotopic (exact) mass is 429 g/mol. The van der Waals surface area contributed by atoms with Crippen molar-refractivity contribution in [1.29, 1.82) is 0 Å². The molecule has 1 aromatic heterocycles. The van der Waals surface area contributed by atoms with Crippen molar-refractivity contribution in [2.45, 2.75) is 0 Å². The summed E-state index contributed by atoms with van der Waals surface area (Å²) in [6, 6.07) is 10.2. The Kier molecular flexibility index (Phi) is 5.12. The molecule has 7 nitrogen and oxygen atoms in total. The number of fused-ring (bicyclic) bond motifs is 1. The van der Waals surface area contributed by atoms with Crippen LogP contribution in [0.5, 0.6) is 11.5 Å². The van der Waals surface area contributed by atoms with Gasteiger partial charge in [-0.2, -0.15) is 0 Å². The van der Waals surface area contributed by atoms with Gasteiger partial charge in [0, 0.05) is 28.6 Å². The number of thiazole rings is 1. The first kappa shape index (κ1) is 19.2. The van der Waals surface area contributed by atoms with Crippen LogP contribution in [-0.4, -0.2) is 37.6 Å². The van der Waals surface area contributed by atoms with Gasteiger partial charge in [-0.05, 0) is 36.4 Å². The summed E-state index contributed by atoms with van der Waals surface area (Å²) in [6.07, 6.45) is 0. The van der Waals surface area contributed by atoms with Gasteiger partial charge in [-0.15, -0.1) is 11.3 Å². The zero-order valence-corrected chi connectivity index (χ0v) is 17.1. The Labute approximate surface area is 175 Å². The number of hydrogen-bond acceptors (Lipinski definition) is 6. The molecular formula is C20H16ClN3O4S. The molecule has 3 aromatic rings. The minimum Gasteiger partial charge on any atom is -0.497 e. The third kappa shape index (κ3) is 3.76. The van der Waals surface area contributed by atoms with E-state index in [0.717, 1.165) is 0 Å². The number of methoxy groups -OCH3 is 1. The van der Waals surface area contributed by atoms with Gasteiger partial charge < -0.3 is 14.4 Å². The number of ether oxygens (including phenoxy) is 2. The van der Waals surface area contributed by atoms with Crippen molar-refractivity contribution in [3.8, 4) is 22.8 Å². The van der Waals surface area contributed by atoms with Crippen LogP contribution in [0.2, 0.25) is 5.02 Å². The fraction of sp³-hybridized carbons (Fsp3) is 0.150. The molecule has 0 radical (unpaired) electrons. The van der Waals surface area contributed by atoms with Crippen molar-refractivity contribution in [2.24, 2.45) is 0 Å². The number of likely N-dealkylation sites (N-methyl/N-ethyl adjacent to an activating group) is 1. The lowest BCUT2D eigenvalue weighted by Crippen LogP contribution is -2.35. The summed E-state index contributed by atoms with van der Waals surface area (Å²) >= 11 is 7.53. The number of amides is 2. The van der Waals surface area contributed by atoms with E-state index in [9.17, 15) is 9.59 Å². The molecule has 1 aliphatic heterocycles. The average Bonchev–Trinajstić information content (AvgIpc) is 3.19. The smallest absolute Gasteiger partial charge is 0.264 e. The van der Waals surface area contributed by atoms with Crippen molar-refractivity contribution in [3.63, 3.8) is 0 Å². The second-order valence-electron chi connectivity index (χ2n) is 6.26. The highest BCUT2D eigenvalue weighted by Gasteiger charge is 2.27. The number of nitrogens with one attached hydrogen (secondary N) is 1. The van der Waals surface area contributed by atoms with E-state index < -0.39 is 0 Å². The number of carbonyl (C=O) groups excluding carboxylic acids is 2. The van der Waals surface area contributed by atoms with Gasteiger partial charge >= 0.3 is 0 Å². The number of rotatable bonds is 4. The predicted octanol–water partition coefficient (Wildman–Crippen LogP) is 4.08. The summed E-state index contributed by atoms with van der Waals surface area (Å²) < 4.78 is 10.7. The van der Waals surface area contributed by atoms with Gasteiger partial charge in [0.25, 0.3) is 11.8 Å². The standard InChI is InChI=1S/C20H16ClN3O4S/c1-24-16-8-12(21)7-14(18(16)28-9-17(24)25)15-10-29-20(22-15)23-19(26)11-3-5-13(27-2)6-4-11/h3-8,10H,9H2,1-2H3,(H,22,23,26). The first-order valence-electron chi connectivity index (χ1n) is 8.60. The van der Waals surface area contributed by atoms with Crippen molar-refractivity contribution in [1.82, 2.24) is 4.98 Å². The normalized spacial score (nSPS) is 12.9. The molecule has 0 spiro atoms. The van der Waals surface area contributed by atoms with E-state index >= 15 is 0 Å². The fourth-order valence-electron chi connectivity index (χ4n) is 2.90. The van der Waals surface area contributed by atoms with Crippen molar-refractivity contribution in [2.75, 3.05) is 31.0 Å². The maximum Gasteiger partial charge on any atom is 0.264 e. The highest BCUT2D eigenvalue weighted by Crippen LogP contribution is 2.43. The highest BCUT2D eigenvalue weighted by atomic mass is 35.5. The molecule has 2 aromatic carbocycles. The Hall–Kier alpha value is -3.10. The molecule has 0 unspecified atom stereocenters. The third-order valence-electron chi connectivity index (χ3n) is 4.46. The first-order valence-corrected chi connectivity index (χ1v) is 9.86. The van der Waals surface area contributed by atoms with Gasteiger partial charge in [-0.3, -0.25) is 14.9 Å². The largest absolute Gasteiger partial charge is 0.497 e.